The van der Waals surface area contributed by atoms with E-state index in [0.29, 0.717) is 0 Å². The molecule has 2 heterocycles. The van der Waals surface area contributed by atoms with E-state index in [1.165, 1.54) is 36.1 Å². The van der Waals surface area contributed by atoms with Crippen molar-refractivity contribution in [3.63, 3.8) is 0 Å². The van der Waals surface area contributed by atoms with Gasteiger partial charge in [0, 0.05) is 30.8 Å². The average Bonchev–Trinajstić information content (AvgIpc) is 2.47. The predicted molar refractivity (Wildman–Crippen MR) is 83.3 cm³/mol. The van der Waals surface area contributed by atoms with Gasteiger partial charge < -0.3 is 5.32 Å². The zero-order valence-corrected chi connectivity index (χ0v) is 12.5. The van der Waals surface area contributed by atoms with E-state index in [0.717, 1.165) is 31.0 Å². The summed E-state index contributed by atoms with van der Waals surface area (Å²) in [5.74, 6) is 1.05. The maximum absolute atomic E-state index is 4.99. The molecule has 0 radical (unpaired) electrons. The highest BCUT2D eigenvalue weighted by atomic mass is 15.0. The second-order valence-electron chi connectivity index (χ2n) is 6.29. The molecule has 1 saturated carbocycles. The molecule has 3 heteroatoms. The largest absolute Gasteiger partial charge is 0.312 e. The van der Waals surface area contributed by atoms with Crippen LogP contribution in [-0.2, 0) is 18.4 Å². The molecular weight excluding hydrogens is 258 g/mol. The van der Waals surface area contributed by atoms with Crippen molar-refractivity contribution in [2.24, 2.45) is 0 Å². The number of fused-ring (bicyclic) bond motifs is 1. The number of benzene rings is 1. The van der Waals surface area contributed by atoms with E-state index in [4.69, 9.17) is 9.97 Å². The van der Waals surface area contributed by atoms with E-state index in [9.17, 15) is 0 Å². The Balaban J connectivity index is 1.83. The van der Waals surface area contributed by atoms with Gasteiger partial charge in [-0.2, -0.15) is 0 Å². The smallest absolute Gasteiger partial charge is 0.139 e. The molecule has 1 aromatic carbocycles. The van der Waals surface area contributed by atoms with E-state index < -0.39 is 0 Å². The number of hydrogen-bond acceptors (Lipinski definition) is 3. The second-order valence-corrected chi connectivity index (χ2v) is 6.29. The number of nitrogens with one attached hydrogen (secondary N) is 1. The molecule has 1 aliphatic carbocycles. The fourth-order valence-electron chi connectivity index (χ4n) is 3.66. The van der Waals surface area contributed by atoms with E-state index >= 15 is 0 Å². The number of aryl methyl sites for hydroxylation is 1. The SMILES string of the molecule is Cc1nc(C2(c3ccccc3)CCC2)nc2c1CNCC2. The third kappa shape index (κ3) is 1.99. The predicted octanol–water partition coefficient (Wildman–Crippen LogP) is 2.90. The lowest BCUT2D eigenvalue weighted by Gasteiger charge is -2.41. The van der Waals surface area contributed by atoms with Crippen LogP contribution in [-0.4, -0.2) is 16.5 Å². The van der Waals surface area contributed by atoms with Crippen molar-refractivity contribution in [1.82, 2.24) is 15.3 Å². The Morgan fingerprint density at radius 3 is 2.62 bits per heavy atom. The molecule has 0 saturated heterocycles. The van der Waals surface area contributed by atoms with Crippen molar-refractivity contribution in [3.05, 3.63) is 58.7 Å². The fraction of sp³-hybridized carbons (Fsp3) is 0.444. The van der Waals surface area contributed by atoms with Crippen LogP contribution in [0.2, 0.25) is 0 Å². The normalized spacial score (nSPS) is 19.7. The van der Waals surface area contributed by atoms with Crippen LogP contribution in [0.1, 0.15) is 47.6 Å². The first kappa shape index (κ1) is 13.0. The van der Waals surface area contributed by atoms with Crippen molar-refractivity contribution < 1.29 is 0 Å². The minimum Gasteiger partial charge on any atom is -0.312 e. The number of hydrogen-bond donors (Lipinski definition) is 1. The summed E-state index contributed by atoms with van der Waals surface area (Å²) in [5, 5.41) is 3.42. The highest BCUT2D eigenvalue weighted by Crippen LogP contribution is 2.47. The first-order valence-electron chi connectivity index (χ1n) is 7.93. The molecule has 0 unspecified atom stereocenters. The Hall–Kier alpha value is -1.74. The van der Waals surface area contributed by atoms with Gasteiger partial charge in [-0.15, -0.1) is 0 Å². The lowest BCUT2D eigenvalue weighted by molar-refractivity contribution is 0.283. The quantitative estimate of drug-likeness (QED) is 0.918. The third-order valence-electron chi connectivity index (χ3n) is 5.10. The molecule has 1 aliphatic heterocycles. The summed E-state index contributed by atoms with van der Waals surface area (Å²) in [6, 6.07) is 10.8. The molecule has 0 spiro atoms. The van der Waals surface area contributed by atoms with Gasteiger partial charge in [0.1, 0.15) is 5.82 Å². The van der Waals surface area contributed by atoms with E-state index in [-0.39, 0.29) is 5.41 Å². The Labute approximate surface area is 125 Å². The van der Waals surface area contributed by atoms with Crippen LogP contribution in [0.5, 0.6) is 0 Å². The van der Waals surface area contributed by atoms with Crippen LogP contribution in [0.15, 0.2) is 30.3 Å². The zero-order valence-electron chi connectivity index (χ0n) is 12.5. The Morgan fingerprint density at radius 1 is 1.10 bits per heavy atom. The molecule has 0 bridgehead atoms. The van der Waals surface area contributed by atoms with Crippen LogP contribution in [0.25, 0.3) is 0 Å². The topological polar surface area (TPSA) is 37.8 Å². The molecule has 0 atom stereocenters. The Bertz CT molecular complexity index is 660. The maximum Gasteiger partial charge on any atom is 0.139 e. The minimum atomic E-state index is 0.0614. The van der Waals surface area contributed by atoms with Gasteiger partial charge in [0.25, 0.3) is 0 Å². The van der Waals surface area contributed by atoms with Crippen molar-refractivity contribution >= 4 is 0 Å². The molecule has 4 rings (SSSR count). The zero-order chi connectivity index (χ0) is 14.3. The molecule has 1 N–H and O–H groups in total. The second kappa shape index (κ2) is 4.92. The van der Waals surface area contributed by atoms with Crippen molar-refractivity contribution in [1.29, 1.82) is 0 Å². The van der Waals surface area contributed by atoms with Crippen LogP contribution >= 0.6 is 0 Å². The highest BCUT2D eigenvalue weighted by molar-refractivity contribution is 5.38. The van der Waals surface area contributed by atoms with Gasteiger partial charge in [0.15, 0.2) is 0 Å². The summed E-state index contributed by atoms with van der Waals surface area (Å²) in [6.45, 7) is 4.08. The molecule has 1 aromatic heterocycles. The van der Waals surface area contributed by atoms with E-state index in [1.54, 1.807) is 0 Å². The van der Waals surface area contributed by atoms with Gasteiger partial charge in [-0.1, -0.05) is 36.8 Å². The summed E-state index contributed by atoms with van der Waals surface area (Å²) in [4.78, 5) is 9.90. The van der Waals surface area contributed by atoms with Crippen LogP contribution in [0.4, 0.5) is 0 Å². The first-order chi connectivity index (χ1) is 10.3. The van der Waals surface area contributed by atoms with Gasteiger partial charge in [-0.3, -0.25) is 0 Å². The molecule has 108 valence electrons. The molecular formula is C18H21N3. The maximum atomic E-state index is 4.99. The van der Waals surface area contributed by atoms with Crippen LogP contribution in [0, 0.1) is 6.92 Å². The highest BCUT2D eigenvalue weighted by Gasteiger charge is 2.43. The number of nitrogens with zero attached hydrogens (tertiary/aromatic N) is 2. The molecule has 0 amide bonds. The molecule has 1 fully saturated rings. The monoisotopic (exact) mass is 279 g/mol. The standard InChI is InChI=1S/C18H21N3/c1-13-15-12-19-11-8-16(15)21-17(20-13)18(9-5-10-18)14-6-3-2-4-7-14/h2-4,6-7,19H,5,8-12H2,1H3. The van der Waals surface area contributed by atoms with Gasteiger partial charge in [-0.05, 0) is 25.3 Å². The average molecular weight is 279 g/mol. The Kier molecular flexibility index (Phi) is 3.03. The molecule has 21 heavy (non-hydrogen) atoms. The van der Waals surface area contributed by atoms with Gasteiger partial charge in [0.2, 0.25) is 0 Å². The number of rotatable bonds is 2. The summed E-state index contributed by atoms with van der Waals surface area (Å²) in [7, 11) is 0. The van der Waals surface area contributed by atoms with Crippen molar-refractivity contribution in [2.45, 2.75) is 44.6 Å². The fourth-order valence-corrected chi connectivity index (χ4v) is 3.66. The summed E-state index contributed by atoms with van der Waals surface area (Å²) >= 11 is 0. The summed E-state index contributed by atoms with van der Waals surface area (Å²) in [5.41, 5.74) is 5.17. The lowest BCUT2D eigenvalue weighted by atomic mass is 9.63. The summed E-state index contributed by atoms with van der Waals surface area (Å²) < 4.78 is 0. The molecule has 3 nitrogen and oxygen atoms in total. The number of aromatic nitrogens is 2. The first-order valence-corrected chi connectivity index (χ1v) is 7.93. The van der Waals surface area contributed by atoms with Crippen molar-refractivity contribution in [3.8, 4) is 0 Å². The third-order valence-corrected chi connectivity index (χ3v) is 5.10. The van der Waals surface area contributed by atoms with Crippen LogP contribution in [0.3, 0.4) is 0 Å². The molecule has 2 aromatic rings. The van der Waals surface area contributed by atoms with E-state index in [1.807, 2.05) is 0 Å². The molecule has 2 aliphatic rings. The minimum absolute atomic E-state index is 0.0614. The lowest BCUT2D eigenvalue weighted by Crippen LogP contribution is -2.39. The van der Waals surface area contributed by atoms with Crippen molar-refractivity contribution in [2.75, 3.05) is 6.54 Å². The van der Waals surface area contributed by atoms with Crippen LogP contribution < -0.4 is 5.32 Å². The Morgan fingerprint density at radius 2 is 1.90 bits per heavy atom. The van der Waals surface area contributed by atoms with E-state index in [2.05, 4.69) is 42.6 Å². The van der Waals surface area contributed by atoms with Gasteiger partial charge >= 0.3 is 0 Å². The summed E-state index contributed by atoms with van der Waals surface area (Å²) in [6.07, 6.45) is 4.65. The van der Waals surface area contributed by atoms with Gasteiger partial charge in [-0.25, -0.2) is 9.97 Å². The van der Waals surface area contributed by atoms with Gasteiger partial charge in [0.05, 0.1) is 11.1 Å².